The molecule has 0 saturated heterocycles. The van der Waals surface area contributed by atoms with Crippen LogP contribution in [-0.4, -0.2) is 84.5 Å². The molecule has 0 spiro atoms. The molecule has 2 amide bonds. The van der Waals surface area contributed by atoms with Gasteiger partial charge in [-0.1, -0.05) is 28.4 Å². The van der Waals surface area contributed by atoms with E-state index in [0.717, 1.165) is 0 Å². The number of pyridine rings is 1. The lowest BCUT2D eigenvalue weighted by atomic mass is 10.2. The SMILES string of the molecule is CN(CCN(C)C(=O)n1nc(Cn2nnc3c(Oc4cc(Cl)cc(C#N)c4)c(Cl)ccc32)c2cccnc21)C(=O)OC(C)(C)C. The Labute approximate surface area is 268 Å². The summed E-state index contributed by atoms with van der Waals surface area (Å²) in [6.45, 7) is 6.01. The summed E-state index contributed by atoms with van der Waals surface area (Å²) in [6, 6.07) is 13.2. The van der Waals surface area contributed by atoms with Crippen LogP contribution in [0.2, 0.25) is 10.0 Å². The molecular formula is C30H29Cl2N9O4. The maximum atomic E-state index is 13.5. The van der Waals surface area contributed by atoms with E-state index < -0.39 is 17.7 Å². The monoisotopic (exact) mass is 649 g/mol. The zero-order chi connectivity index (χ0) is 32.5. The first kappa shape index (κ1) is 31.5. The zero-order valence-electron chi connectivity index (χ0n) is 25.2. The summed E-state index contributed by atoms with van der Waals surface area (Å²) in [6.07, 6.45) is 1.10. The minimum atomic E-state index is -0.627. The van der Waals surface area contributed by atoms with Gasteiger partial charge in [0.2, 0.25) is 0 Å². The van der Waals surface area contributed by atoms with Gasteiger partial charge in [-0.05, 0) is 63.2 Å². The van der Waals surface area contributed by atoms with E-state index in [-0.39, 0.29) is 30.4 Å². The Balaban J connectivity index is 1.39. The standard InChI is InChI=1S/C30H29Cl2N9O4/c1-30(2,3)45-29(43)39(5)12-11-38(4)28(42)41-27-21(7-6-10-34-27)23(36-41)17-40-24-9-8-22(32)26(25(24)35-37-40)44-20-14-18(16-33)13-19(31)15-20/h6-10,13-15H,11-12,17H2,1-5H3. The fourth-order valence-electron chi connectivity index (χ4n) is 4.40. The number of carbonyl (C=O) groups excluding carboxylic acids is 2. The number of aromatic nitrogens is 6. The summed E-state index contributed by atoms with van der Waals surface area (Å²) in [5.74, 6) is 0.565. The Morgan fingerprint density at radius 2 is 1.82 bits per heavy atom. The number of fused-ring (bicyclic) bond motifs is 2. The molecule has 0 saturated carbocycles. The van der Waals surface area contributed by atoms with Gasteiger partial charge >= 0.3 is 12.1 Å². The number of benzene rings is 2. The number of halogens is 2. The first-order chi connectivity index (χ1) is 21.3. The van der Waals surface area contributed by atoms with Crippen molar-refractivity contribution in [2.24, 2.45) is 0 Å². The molecule has 3 heterocycles. The molecule has 13 nitrogen and oxygen atoms in total. The van der Waals surface area contributed by atoms with Crippen LogP contribution in [0.5, 0.6) is 11.5 Å². The lowest BCUT2D eigenvalue weighted by Gasteiger charge is -2.26. The average molecular weight is 651 g/mol. The van der Waals surface area contributed by atoms with Gasteiger partial charge in [-0.15, -0.1) is 5.10 Å². The molecule has 5 aromatic rings. The van der Waals surface area contributed by atoms with Crippen molar-refractivity contribution in [3.8, 4) is 17.6 Å². The number of nitriles is 1. The molecule has 3 aromatic heterocycles. The van der Waals surface area contributed by atoms with E-state index in [9.17, 15) is 14.9 Å². The Morgan fingerprint density at radius 3 is 2.56 bits per heavy atom. The van der Waals surface area contributed by atoms with Crippen LogP contribution in [-0.2, 0) is 11.3 Å². The van der Waals surface area contributed by atoms with Gasteiger partial charge in [-0.2, -0.15) is 15.0 Å². The minimum absolute atomic E-state index is 0.154. The molecule has 15 heteroatoms. The minimum Gasteiger partial charge on any atom is -0.453 e. The maximum absolute atomic E-state index is 13.5. The third kappa shape index (κ3) is 6.92. The Hall–Kier alpha value is -4.93. The predicted octanol–water partition coefficient (Wildman–Crippen LogP) is 5.96. The normalized spacial score (nSPS) is 11.4. The van der Waals surface area contributed by atoms with Crippen molar-refractivity contribution in [3.63, 3.8) is 0 Å². The second-order valence-corrected chi connectivity index (χ2v) is 12.1. The number of hydrogen-bond donors (Lipinski definition) is 0. The third-order valence-electron chi connectivity index (χ3n) is 6.62. The summed E-state index contributed by atoms with van der Waals surface area (Å²) in [7, 11) is 3.23. The van der Waals surface area contributed by atoms with Crippen molar-refractivity contribution in [1.82, 2.24) is 39.6 Å². The predicted molar refractivity (Wildman–Crippen MR) is 168 cm³/mol. The Bertz CT molecular complexity index is 1960. The van der Waals surface area contributed by atoms with E-state index >= 15 is 0 Å². The zero-order valence-corrected chi connectivity index (χ0v) is 26.7. The smallest absolute Gasteiger partial charge is 0.410 e. The Kier molecular flexibility index (Phi) is 8.81. The van der Waals surface area contributed by atoms with Gasteiger partial charge in [0.15, 0.2) is 16.9 Å². The van der Waals surface area contributed by atoms with Crippen molar-refractivity contribution in [2.45, 2.75) is 32.9 Å². The van der Waals surface area contributed by atoms with Gasteiger partial charge in [-0.25, -0.2) is 19.3 Å². The Morgan fingerprint density at radius 1 is 1.07 bits per heavy atom. The largest absolute Gasteiger partial charge is 0.453 e. The number of nitrogens with zero attached hydrogens (tertiary/aromatic N) is 9. The number of ether oxygens (including phenoxy) is 2. The van der Waals surface area contributed by atoms with Crippen LogP contribution in [0.25, 0.3) is 22.1 Å². The fraction of sp³-hybridized carbons (Fsp3) is 0.300. The third-order valence-corrected chi connectivity index (χ3v) is 7.13. The molecule has 0 aliphatic carbocycles. The van der Waals surface area contributed by atoms with Crippen LogP contribution in [0, 0.1) is 11.3 Å². The van der Waals surface area contributed by atoms with Gasteiger partial charge in [0.1, 0.15) is 11.4 Å². The van der Waals surface area contributed by atoms with E-state index in [4.69, 9.17) is 32.7 Å². The highest BCUT2D eigenvalue weighted by atomic mass is 35.5. The van der Waals surface area contributed by atoms with Gasteiger partial charge in [0, 0.05) is 43.8 Å². The molecule has 232 valence electrons. The summed E-state index contributed by atoms with van der Waals surface area (Å²) < 4.78 is 14.3. The van der Waals surface area contributed by atoms with E-state index in [1.165, 1.54) is 20.5 Å². The van der Waals surface area contributed by atoms with Crippen LogP contribution < -0.4 is 4.74 Å². The highest BCUT2D eigenvalue weighted by Crippen LogP contribution is 2.37. The number of rotatable bonds is 7. The molecular weight excluding hydrogens is 621 g/mol. The molecule has 0 aliphatic heterocycles. The molecule has 45 heavy (non-hydrogen) atoms. The van der Waals surface area contributed by atoms with E-state index in [1.807, 2.05) is 12.1 Å². The van der Waals surface area contributed by atoms with Gasteiger partial charge in [-0.3, -0.25) is 0 Å². The van der Waals surface area contributed by atoms with Gasteiger partial charge < -0.3 is 19.3 Å². The first-order valence-electron chi connectivity index (χ1n) is 13.8. The van der Waals surface area contributed by atoms with Gasteiger partial charge in [0.05, 0.1) is 34.4 Å². The number of hydrogen-bond acceptors (Lipinski definition) is 9. The van der Waals surface area contributed by atoms with Crippen LogP contribution in [0.15, 0.2) is 48.7 Å². The fourth-order valence-corrected chi connectivity index (χ4v) is 4.82. The lowest BCUT2D eigenvalue weighted by molar-refractivity contribution is 0.0290. The van der Waals surface area contributed by atoms with Crippen LogP contribution in [0.1, 0.15) is 32.0 Å². The molecule has 0 unspecified atom stereocenters. The molecule has 5 rings (SSSR count). The topological polar surface area (TPSA) is 144 Å². The summed E-state index contributed by atoms with van der Waals surface area (Å²) in [4.78, 5) is 33.1. The molecule has 0 aliphatic rings. The van der Waals surface area contributed by atoms with Crippen LogP contribution in [0.4, 0.5) is 9.59 Å². The van der Waals surface area contributed by atoms with E-state index in [1.54, 1.807) is 76.1 Å². The highest BCUT2D eigenvalue weighted by molar-refractivity contribution is 6.33. The molecule has 0 atom stereocenters. The number of carbonyl (C=O) groups is 2. The first-order valence-corrected chi connectivity index (χ1v) is 14.5. The van der Waals surface area contributed by atoms with Crippen molar-refractivity contribution < 1.29 is 19.1 Å². The van der Waals surface area contributed by atoms with Crippen molar-refractivity contribution in [2.75, 3.05) is 27.2 Å². The maximum Gasteiger partial charge on any atom is 0.410 e. The molecule has 0 radical (unpaired) electrons. The molecule has 2 aromatic carbocycles. The number of likely N-dealkylation sites (N-methyl/N-ethyl adjacent to an activating group) is 2. The number of amides is 2. The van der Waals surface area contributed by atoms with Gasteiger partial charge in [0.25, 0.3) is 0 Å². The van der Waals surface area contributed by atoms with E-state index in [2.05, 4.69) is 20.4 Å². The summed E-state index contributed by atoms with van der Waals surface area (Å²) in [5, 5.41) is 23.8. The second kappa shape index (κ2) is 12.6. The lowest BCUT2D eigenvalue weighted by Crippen LogP contribution is -2.41. The van der Waals surface area contributed by atoms with Crippen molar-refractivity contribution >= 4 is 57.4 Å². The average Bonchev–Trinajstić information content (AvgIpc) is 3.57. The van der Waals surface area contributed by atoms with E-state index in [0.29, 0.717) is 44.1 Å². The molecule has 0 bridgehead atoms. The summed E-state index contributed by atoms with van der Waals surface area (Å²) >= 11 is 12.6. The van der Waals surface area contributed by atoms with Crippen LogP contribution in [0.3, 0.4) is 0 Å². The molecule has 0 N–H and O–H groups in total. The van der Waals surface area contributed by atoms with Crippen molar-refractivity contribution in [3.05, 3.63) is 70.0 Å². The van der Waals surface area contributed by atoms with Crippen LogP contribution >= 0.6 is 23.2 Å². The quantitative estimate of drug-likeness (QED) is 0.208. The van der Waals surface area contributed by atoms with Crippen molar-refractivity contribution in [1.29, 1.82) is 5.26 Å². The second-order valence-electron chi connectivity index (χ2n) is 11.2. The summed E-state index contributed by atoms with van der Waals surface area (Å²) in [5.41, 5.74) is 1.58. The molecule has 0 fully saturated rings. The highest BCUT2D eigenvalue weighted by Gasteiger charge is 2.24.